The van der Waals surface area contributed by atoms with E-state index < -0.39 is 17.2 Å². The summed E-state index contributed by atoms with van der Waals surface area (Å²) in [6.45, 7) is 0.530. The van der Waals surface area contributed by atoms with Crippen LogP contribution < -0.4 is 10.1 Å². The summed E-state index contributed by atoms with van der Waals surface area (Å²) in [5.41, 5.74) is 0.0470. The predicted octanol–water partition coefficient (Wildman–Crippen LogP) is 3.36. The molecule has 6 nitrogen and oxygen atoms in total. The van der Waals surface area contributed by atoms with Gasteiger partial charge in [0.05, 0.1) is 23.3 Å². The van der Waals surface area contributed by atoms with Crippen LogP contribution in [-0.4, -0.2) is 48.8 Å². The molecule has 4 aliphatic carbocycles. The minimum Gasteiger partial charge on any atom is -0.490 e. The molecule has 2 bridgehead atoms. The van der Waals surface area contributed by atoms with Crippen molar-refractivity contribution < 1.29 is 28.6 Å². The Balaban J connectivity index is 1.25. The van der Waals surface area contributed by atoms with E-state index in [1.807, 2.05) is 0 Å². The van der Waals surface area contributed by atoms with E-state index in [0.29, 0.717) is 29.9 Å². The number of benzene rings is 2. The highest BCUT2D eigenvalue weighted by atomic mass is 19.1. The first-order valence-corrected chi connectivity index (χ1v) is 12.0. The Morgan fingerprint density at radius 3 is 2.68 bits per heavy atom. The highest BCUT2D eigenvalue weighted by Gasteiger charge is 2.83. The summed E-state index contributed by atoms with van der Waals surface area (Å²) in [5, 5.41) is 14.2. The summed E-state index contributed by atoms with van der Waals surface area (Å²) in [4.78, 5) is 26.3. The van der Waals surface area contributed by atoms with Gasteiger partial charge in [0.15, 0.2) is 5.78 Å². The van der Waals surface area contributed by atoms with Gasteiger partial charge < -0.3 is 19.9 Å². The Hall–Kier alpha value is -2.77. The Kier molecular flexibility index (Phi) is 4.87. The lowest BCUT2D eigenvalue weighted by molar-refractivity contribution is -0.288. The van der Waals surface area contributed by atoms with Crippen LogP contribution in [0.2, 0.25) is 0 Å². The molecule has 0 heterocycles. The maximum absolute atomic E-state index is 14.2. The first-order chi connectivity index (χ1) is 16.4. The largest absolute Gasteiger partial charge is 0.490 e. The van der Waals surface area contributed by atoms with E-state index >= 15 is 0 Å². The lowest BCUT2D eigenvalue weighted by Crippen LogP contribution is -2.74. The standard InChI is InChI=1S/C27H28FNO5/c1-33-8-9-34-22-10-15(24(30)18-4-2-3-5-21(18)28)6-7-19(22)25(31)29-23-16-12-26(32)14-17-11-20(23)27(17,26)13-16/h2-7,10,16-17,20,23,32H,8-9,11-14H2,1H3,(H,29,31)/t16?,17?,20?,23-,26+,27?/m1/s1. The van der Waals surface area contributed by atoms with Crippen molar-refractivity contribution in [1.82, 2.24) is 5.32 Å². The Bertz CT molecular complexity index is 1180. The van der Waals surface area contributed by atoms with Gasteiger partial charge in [-0.1, -0.05) is 12.1 Å². The predicted molar refractivity (Wildman–Crippen MR) is 121 cm³/mol. The zero-order valence-electron chi connectivity index (χ0n) is 19.1. The first-order valence-electron chi connectivity index (χ1n) is 12.0. The van der Waals surface area contributed by atoms with Crippen LogP contribution in [0, 0.1) is 29.0 Å². The van der Waals surface area contributed by atoms with E-state index in [9.17, 15) is 19.1 Å². The number of rotatable bonds is 8. The smallest absolute Gasteiger partial charge is 0.255 e. The third-order valence-corrected chi connectivity index (χ3v) is 8.97. The van der Waals surface area contributed by atoms with Crippen LogP contribution in [0.3, 0.4) is 0 Å². The molecule has 1 spiro atoms. The van der Waals surface area contributed by atoms with Crippen LogP contribution in [0.4, 0.5) is 4.39 Å². The summed E-state index contributed by atoms with van der Waals surface area (Å²) in [5.74, 6) is 0.179. The number of aliphatic hydroxyl groups is 1. The number of ether oxygens (including phenoxy) is 2. The van der Waals surface area contributed by atoms with Gasteiger partial charge in [-0.3, -0.25) is 9.59 Å². The molecule has 0 radical (unpaired) electrons. The van der Waals surface area contributed by atoms with E-state index in [1.165, 1.54) is 30.3 Å². The molecule has 2 N–H and O–H groups in total. The van der Waals surface area contributed by atoms with Gasteiger partial charge in [-0.25, -0.2) is 4.39 Å². The molecule has 0 aromatic heterocycles. The summed E-state index contributed by atoms with van der Waals surface area (Å²) in [7, 11) is 1.55. The molecule has 4 aliphatic rings. The van der Waals surface area contributed by atoms with Gasteiger partial charge in [-0.05, 0) is 73.8 Å². The fourth-order valence-corrected chi connectivity index (χ4v) is 7.55. The van der Waals surface area contributed by atoms with Crippen molar-refractivity contribution in [2.45, 2.75) is 37.3 Å². The molecular weight excluding hydrogens is 437 g/mol. The molecule has 7 heteroatoms. The van der Waals surface area contributed by atoms with Gasteiger partial charge in [-0.15, -0.1) is 0 Å². The third kappa shape index (κ3) is 2.86. The quantitative estimate of drug-likeness (QED) is 0.461. The lowest BCUT2D eigenvalue weighted by Gasteiger charge is -2.71. The highest BCUT2D eigenvalue weighted by Crippen LogP contribution is 2.82. The zero-order chi connectivity index (χ0) is 23.7. The van der Waals surface area contributed by atoms with Gasteiger partial charge in [0.2, 0.25) is 0 Å². The highest BCUT2D eigenvalue weighted by molar-refractivity contribution is 6.10. The molecular formula is C27H28FNO5. The van der Waals surface area contributed by atoms with E-state index in [2.05, 4.69) is 5.32 Å². The van der Waals surface area contributed by atoms with Gasteiger partial charge >= 0.3 is 0 Å². The number of methoxy groups -OCH3 is 1. The second-order valence-electron chi connectivity index (χ2n) is 10.3. The average Bonchev–Trinajstić information content (AvgIpc) is 3.26. The molecule has 4 fully saturated rings. The lowest BCUT2D eigenvalue weighted by atomic mass is 9.36. The van der Waals surface area contributed by atoms with E-state index in [0.717, 1.165) is 25.7 Å². The monoisotopic (exact) mass is 465 g/mol. The van der Waals surface area contributed by atoms with Crippen molar-refractivity contribution in [3.8, 4) is 5.75 Å². The summed E-state index contributed by atoms with van der Waals surface area (Å²) in [6.07, 6.45) is 3.74. The molecule has 0 aliphatic heterocycles. The number of carbonyl (C=O) groups excluding carboxylic acids is 2. The van der Waals surface area contributed by atoms with Gasteiger partial charge in [0.1, 0.15) is 18.2 Å². The van der Waals surface area contributed by atoms with Crippen LogP contribution in [0.25, 0.3) is 0 Å². The van der Waals surface area contributed by atoms with E-state index in [1.54, 1.807) is 19.2 Å². The number of hydrogen-bond acceptors (Lipinski definition) is 5. The molecule has 1 amide bonds. The van der Waals surface area contributed by atoms with Gasteiger partial charge in [-0.2, -0.15) is 0 Å². The maximum Gasteiger partial charge on any atom is 0.255 e. The van der Waals surface area contributed by atoms with Crippen LogP contribution in [0.15, 0.2) is 42.5 Å². The minimum atomic E-state index is -0.596. The van der Waals surface area contributed by atoms with Crippen molar-refractivity contribution in [2.75, 3.05) is 20.3 Å². The van der Waals surface area contributed by atoms with Crippen molar-refractivity contribution in [1.29, 1.82) is 0 Å². The van der Waals surface area contributed by atoms with Crippen LogP contribution in [0.5, 0.6) is 5.75 Å². The molecule has 178 valence electrons. The second kappa shape index (κ2) is 7.62. The van der Waals surface area contributed by atoms with E-state index in [4.69, 9.17) is 9.47 Å². The maximum atomic E-state index is 14.2. The minimum absolute atomic E-state index is 0.0173. The summed E-state index contributed by atoms with van der Waals surface area (Å²) in [6, 6.07) is 10.5. The molecule has 6 atom stereocenters. The number of halogens is 1. The Morgan fingerprint density at radius 2 is 1.94 bits per heavy atom. The third-order valence-electron chi connectivity index (χ3n) is 8.97. The van der Waals surface area contributed by atoms with Crippen molar-refractivity contribution in [3.63, 3.8) is 0 Å². The Labute approximate surface area is 197 Å². The fraction of sp³-hybridized carbons (Fsp3) is 0.481. The van der Waals surface area contributed by atoms with Gasteiger partial charge in [0, 0.05) is 24.1 Å². The van der Waals surface area contributed by atoms with Crippen molar-refractivity contribution in [2.24, 2.45) is 23.2 Å². The molecule has 2 aromatic carbocycles. The van der Waals surface area contributed by atoms with Crippen LogP contribution >= 0.6 is 0 Å². The summed E-state index contributed by atoms with van der Waals surface area (Å²) < 4.78 is 25.0. The van der Waals surface area contributed by atoms with Crippen LogP contribution in [-0.2, 0) is 4.74 Å². The Morgan fingerprint density at radius 1 is 1.12 bits per heavy atom. The number of carbonyl (C=O) groups is 2. The number of ketones is 1. The molecule has 2 aromatic rings. The number of hydrogen-bond donors (Lipinski definition) is 2. The van der Waals surface area contributed by atoms with Crippen molar-refractivity contribution >= 4 is 11.7 Å². The van der Waals surface area contributed by atoms with E-state index in [-0.39, 0.29) is 40.8 Å². The molecule has 34 heavy (non-hydrogen) atoms. The average molecular weight is 466 g/mol. The van der Waals surface area contributed by atoms with Crippen molar-refractivity contribution in [3.05, 3.63) is 65.0 Å². The van der Waals surface area contributed by atoms with Crippen LogP contribution in [0.1, 0.15) is 52.0 Å². The molecule has 6 rings (SSSR count). The number of amides is 1. The number of fused-ring (bicyclic) bond motifs is 1. The summed E-state index contributed by atoms with van der Waals surface area (Å²) >= 11 is 0. The van der Waals surface area contributed by atoms with Gasteiger partial charge in [0.25, 0.3) is 5.91 Å². The first kappa shape index (κ1) is 21.7. The molecule has 4 unspecified atom stereocenters. The normalized spacial score (nSPS) is 34.1. The number of nitrogens with one attached hydrogen (secondary N) is 1. The molecule has 0 saturated heterocycles. The second-order valence-corrected chi connectivity index (χ2v) is 10.3. The fourth-order valence-electron chi connectivity index (χ4n) is 7.55. The topological polar surface area (TPSA) is 84.9 Å². The molecule has 4 saturated carbocycles. The zero-order valence-corrected chi connectivity index (χ0v) is 19.1. The SMILES string of the molecule is COCCOc1cc(C(=O)c2ccccc2F)ccc1C(=O)N[C@@H]1C2CC34C(CC13)C[C@@]4(O)C2.